The van der Waals surface area contributed by atoms with Gasteiger partial charge in [0.2, 0.25) is 15.9 Å². The zero-order chi connectivity index (χ0) is 19.6. The fourth-order valence-corrected chi connectivity index (χ4v) is 4.66. The predicted molar refractivity (Wildman–Crippen MR) is 97.9 cm³/mol. The van der Waals surface area contributed by atoms with Crippen molar-refractivity contribution >= 4 is 33.2 Å². The summed E-state index contributed by atoms with van der Waals surface area (Å²) in [6, 6.07) is 8.78. The fraction of sp³-hybridized carbons (Fsp3) is 0.278. The van der Waals surface area contributed by atoms with Gasteiger partial charge in [-0.25, -0.2) is 17.2 Å². The van der Waals surface area contributed by atoms with E-state index in [1.165, 1.54) is 34.6 Å². The van der Waals surface area contributed by atoms with Crippen molar-refractivity contribution in [1.29, 1.82) is 0 Å². The maximum Gasteiger partial charge on any atom is 0.243 e. The van der Waals surface area contributed by atoms with E-state index in [-0.39, 0.29) is 28.7 Å². The Bertz CT molecular complexity index is 952. The maximum atomic E-state index is 14.0. The Kier molecular flexibility index (Phi) is 5.78. The van der Waals surface area contributed by atoms with Gasteiger partial charge in [-0.15, -0.1) is 0 Å². The number of hydrogen-bond acceptors (Lipinski definition) is 3. The lowest BCUT2D eigenvalue weighted by Crippen LogP contribution is -2.43. The van der Waals surface area contributed by atoms with Crippen molar-refractivity contribution < 1.29 is 22.0 Å². The molecule has 2 aromatic carbocycles. The molecule has 0 aliphatic carbocycles. The Morgan fingerprint density at radius 3 is 2.56 bits per heavy atom. The molecule has 0 spiro atoms. The van der Waals surface area contributed by atoms with Gasteiger partial charge in [0.25, 0.3) is 0 Å². The molecule has 0 radical (unpaired) electrons. The van der Waals surface area contributed by atoms with E-state index in [4.69, 9.17) is 11.6 Å². The number of benzene rings is 2. The summed E-state index contributed by atoms with van der Waals surface area (Å²) in [6.45, 7) is 0.225. The van der Waals surface area contributed by atoms with E-state index in [2.05, 4.69) is 5.32 Å². The van der Waals surface area contributed by atoms with Crippen LogP contribution in [0.15, 0.2) is 47.4 Å². The summed E-state index contributed by atoms with van der Waals surface area (Å²) in [5.41, 5.74) is -0.0500. The van der Waals surface area contributed by atoms with Crippen molar-refractivity contribution in [3.63, 3.8) is 0 Å². The van der Waals surface area contributed by atoms with E-state index in [9.17, 15) is 22.0 Å². The molecule has 1 saturated heterocycles. The van der Waals surface area contributed by atoms with Gasteiger partial charge in [0.1, 0.15) is 5.82 Å². The Morgan fingerprint density at radius 2 is 1.85 bits per heavy atom. The first-order valence-electron chi connectivity index (χ1n) is 8.29. The molecule has 1 N–H and O–H groups in total. The largest absolute Gasteiger partial charge is 0.323 e. The minimum absolute atomic E-state index is 0.0340. The lowest BCUT2D eigenvalue weighted by atomic mass is 9.98. The van der Waals surface area contributed by atoms with Gasteiger partial charge in [0.05, 0.1) is 21.5 Å². The molecule has 1 amide bonds. The molecule has 0 unspecified atom stereocenters. The van der Waals surface area contributed by atoms with Gasteiger partial charge in [-0.3, -0.25) is 4.79 Å². The van der Waals surface area contributed by atoms with Gasteiger partial charge >= 0.3 is 0 Å². The van der Waals surface area contributed by atoms with E-state index in [1.807, 2.05) is 0 Å². The van der Waals surface area contributed by atoms with Crippen molar-refractivity contribution in [3.05, 3.63) is 59.1 Å². The van der Waals surface area contributed by atoms with Crippen LogP contribution in [-0.2, 0) is 14.8 Å². The van der Waals surface area contributed by atoms with Crippen molar-refractivity contribution in [2.45, 2.75) is 17.7 Å². The Morgan fingerprint density at radius 1 is 1.15 bits per heavy atom. The number of nitrogens with zero attached hydrogens (tertiary/aromatic N) is 1. The average Bonchev–Trinajstić information content (AvgIpc) is 2.66. The number of halogens is 3. The van der Waals surface area contributed by atoms with Gasteiger partial charge < -0.3 is 5.32 Å². The molecule has 9 heteroatoms. The topological polar surface area (TPSA) is 66.5 Å². The molecule has 0 aromatic heterocycles. The van der Waals surface area contributed by atoms with E-state index in [0.29, 0.717) is 12.8 Å². The van der Waals surface area contributed by atoms with Crippen LogP contribution in [0.3, 0.4) is 0 Å². The third kappa shape index (κ3) is 4.28. The minimum atomic E-state index is -3.84. The molecule has 1 atom stereocenters. The zero-order valence-electron chi connectivity index (χ0n) is 14.2. The van der Waals surface area contributed by atoms with Crippen LogP contribution in [0.1, 0.15) is 12.8 Å². The summed E-state index contributed by atoms with van der Waals surface area (Å²) in [5, 5.41) is 2.36. The lowest BCUT2D eigenvalue weighted by molar-refractivity contribution is -0.120. The number of sulfonamides is 1. The van der Waals surface area contributed by atoms with E-state index >= 15 is 0 Å². The number of anilines is 1. The molecule has 1 fully saturated rings. The van der Waals surface area contributed by atoms with Crippen molar-refractivity contribution in [2.24, 2.45) is 5.92 Å². The minimum Gasteiger partial charge on any atom is -0.323 e. The van der Waals surface area contributed by atoms with Crippen molar-refractivity contribution in [1.82, 2.24) is 4.31 Å². The summed E-state index contributed by atoms with van der Waals surface area (Å²) >= 11 is 5.70. The van der Waals surface area contributed by atoms with Crippen LogP contribution in [0, 0.1) is 17.6 Å². The molecular weight excluding hydrogens is 398 g/mol. The summed E-state index contributed by atoms with van der Waals surface area (Å²) in [6.07, 6.45) is 0.958. The molecule has 5 nitrogen and oxygen atoms in total. The summed E-state index contributed by atoms with van der Waals surface area (Å²) in [5.74, 6) is -2.38. The molecule has 2 aromatic rings. The Labute approximate surface area is 161 Å². The van der Waals surface area contributed by atoms with Gasteiger partial charge in [-0.1, -0.05) is 17.7 Å². The first-order chi connectivity index (χ1) is 12.8. The smallest absolute Gasteiger partial charge is 0.243 e. The second kappa shape index (κ2) is 7.92. The standard InChI is InChI=1S/C18H17ClF2N2O3S/c19-15-4-1-5-16(17(15)21)22-18(24)12-3-2-10-23(11-12)27(25,26)14-8-6-13(20)7-9-14/h1,4-9,12H,2-3,10-11H2,(H,22,24)/t12-/m1/s1. The van der Waals surface area contributed by atoms with Crippen LogP contribution in [-0.4, -0.2) is 31.7 Å². The zero-order valence-corrected chi connectivity index (χ0v) is 15.7. The van der Waals surface area contributed by atoms with Crippen LogP contribution in [0.25, 0.3) is 0 Å². The third-order valence-electron chi connectivity index (χ3n) is 4.42. The Balaban J connectivity index is 1.74. The highest BCUT2D eigenvalue weighted by Crippen LogP contribution is 2.27. The highest BCUT2D eigenvalue weighted by molar-refractivity contribution is 7.89. The highest BCUT2D eigenvalue weighted by Gasteiger charge is 2.33. The molecule has 1 aliphatic heterocycles. The molecule has 0 bridgehead atoms. The number of amides is 1. The van der Waals surface area contributed by atoms with Gasteiger partial charge in [-0.05, 0) is 49.2 Å². The first kappa shape index (κ1) is 19.7. The molecule has 144 valence electrons. The number of rotatable bonds is 4. The monoisotopic (exact) mass is 414 g/mol. The molecule has 1 heterocycles. The number of carbonyl (C=O) groups excluding carboxylic acids is 1. The molecule has 27 heavy (non-hydrogen) atoms. The molecule has 1 aliphatic rings. The van der Waals surface area contributed by atoms with Crippen LogP contribution >= 0.6 is 11.6 Å². The van der Waals surface area contributed by atoms with Gasteiger partial charge in [0.15, 0.2) is 5.82 Å². The summed E-state index contributed by atoms with van der Waals surface area (Å²) in [7, 11) is -3.84. The highest BCUT2D eigenvalue weighted by atomic mass is 35.5. The van der Waals surface area contributed by atoms with E-state index in [0.717, 1.165) is 12.1 Å². The average molecular weight is 415 g/mol. The third-order valence-corrected chi connectivity index (χ3v) is 6.59. The lowest BCUT2D eigenvalue weighted by Gasteiger charge is -2.31. The van der Waals surface area contributed by atoms with Crippen LogP contribution in [0.5, 0.6) is 0 Å². The number of carbonyl (C=O) groups is 1. The van der Waals surface area contributed by atoms with E-state index < -0.39 is 33.5 Å². The summed E-state index contributed by atoms with van der Waals surface area (Å²) in [4.78, 5) is 12.5. The molecule has 0 saturated carbocycles. The predicted octanol–water partition coefficient (Wildman–Crippen LogP) is 3.66. The second-order valence-electron chi connectivity index (χ2n) is 6.25. The summed E-state index contributed by atoms with van der Waals surface area (Å²) < 4.78 is 53.6. The number of piperidine rings is 1. The van der Waals surface area contributed by atoms with Crippen LogP contribution < -0.4 is 5.32 Å². The first-order valence-corrected chi connectivity index (χ1v) is 10.1. The van der Waals surface area contributed by atoms with E-state index in [1.54, 1.807) is 0 Å². The SMILES string of the molecule is O=C(Nc1cccc(Cl)c1F)[C@@H]1CCCN(S(=O)(=O)c2ccc(F)cc2)C1. The maximum absolute atomic E-state index is 14.0. The van der Waals surface area contributed by atoms with Crippen molar-refractivity contribution in [3.8, 4) is 0 Å². The van der Waals surface area contributed by atoms with Gasteiger partial charge in [0, 0.05) is 13.1 Å². The molecular formula is C18H17ClF2N2O3S. The van der Waals surface area contributed by atoms with Gasteiger partial charge in [-0.2, -0.15) is 4.31 Å². The van der Waals surface area contributed by atoms with Crippen molar-refractivity contribution in [2.75, 3.05) is 18.4 Å². The number of nitrogens with one attached hydrogen (secondary N) is 1. The number of hydrogen-bond donors (Lipinski definition) is 1. The second-order valence-corrected chi connectivity index (χ2v) is 8.59. The quantitative estimate of drug-likeness (QED) is 0.830. The normalized spacial score (nSPS) is 18.3. The Hall–Kier alpha value is -2.03. The fourth-order valence-electron chi connectivity index (χ4n) is 2.97. The van der Waals surface area contributed by atoms with Crippen LogP contribution in [0.4, 0.5) is 14.5 Å². The van der Waals surface area contributed by atoms with Crippen LogP contribution in [0.2, 0.25) is 5.02 Å². The molecule has 3 rings (SSSR count).